The van der Waals surface area contributed by atoms with Crippen molar-refractivity contribution in [3.05, 3.63) is 76.8 Å². The first-order valence-corrected chi connectivity index (χ1v) is 8.76. The van der Waals surface area contributed by atoms with Crippen molar-refractivity contribution >= 4 is 28.1 Å². The Morgan fingerprint density at radius 1 is 1.04 bits per heavy atom. The Hall–Kier alpha value is -2.66. The predicted molar refractivity (Wildman–Crippen MR) is 98.8 cm³/mol. The van der Waals surface area contributed by atoms with E-state index in [1.54, 1.807) is 5.38 Å². The highest BCUT2D eigenvalue weighted by Gasteiger charge is 2.10. The number of benzene rings is 2. The first kappa shape index (κ1) is 16.2. The molecule has 0 radical (unpaired) electrons. The van der Waals surface area contributed by atoms with E-state index < -0.39 is 0 Å². The molecule has 0 atom stereocenters. The second-order valence-corrected chi connectivity index (χ2v) is 6.24. The van der Waals surface area contributed by atoms with Crippen LogP contribution in [0.25, 0.3) is 0 Å². The number of amides is 1. The minimum atomic E-state index is -0.160. The van der Waals surface area contributed by atoms with Crippen LogP contribution in [-0.2, 0) is 13.0 Å². The summed E-state index contributed by atoms with van der Waals surface area (Å²) in [5.74, 6) is -0.160. The van der Waals surface area contributed by atoms with E-state index in [-0.39, 0.29) is 5.91 Å². The molecular weight excluding hydrogens is 318 g/mol. The largest absolute Gasteiger partial charge is 0.347 e. The number of nitrogens with one attached hydrogen (secondary N) is 2. The summed E-state index contributed by atoms with van der Waals surface area (Å²) in [4.78, 5) is 16.6. The van der Waals surface area contributed by atoms with Gasteiger partial charge in [0.15, 0.2) is 5.13 Å². The van der Waals surface area contributed by atoms with Crippen LogP contribution in [0.15, 0.2) is 60.0 Å². The Labute approximate surface area is 145 Å². The van der Waals surface area contributed by atoms with Gasteiger partial charge in [-0.15, -0.1) is 11.3 Å². The van der Waals surface area contributed by atoms with Crippen molar-refractivity contribution in [3.8, 4) is 0 Å². The summed E-state index contributed by atoms with van der Waals surface area (Å²) in [6.07, 6.45) is 1.02. The highest BCUT2D eigenvalue weighted by Crippen LogP contribution is 2.20. The first-order valence-electron chi connectivity index (χ1n) is 7.88. The molecule has 2 N–H and O–H groups in total. The van der Waals surface area contributed by atoms with E-state index in [1.165, 1.54) is 16.9 Å². The summed E-state index contributed by atoms with van der Waals surface area (Å²) >= 11 is 1.42. The maximum atomic E-state index is 12.2. The summed E-state index contributed by atoms with van der Waals surface area (Å²) in [6.45, 7) is 2.63. The lowest BCUT2D eigenvalue weighted by atomic mass is 10.1. The standard InChI is InChI=1S/C19H19N3OS/c1-2-14-8-10-15(11-9-14)12-20-18(23)17-13-24-19(22-17)21-16-6-4-3-5-7-16/h3-11,13H,2,12H2,1H3,(H,20,23)(H,21,22). The number of hydrogen-bond acceptors (Lipinski definition) is 4. The van der Waals surface area contributed by atoms with Gasteiger partial charge in [0.2, 0.25) is 0 Å². The quantitative estimate of drug-likeness (QED) is 0.702. The normalized spacial score (nSPS) is 10.4. The molecule has 24 heavy (non-hydrogen) atoms. The zero-order valence-electron chi connectivity index (χ0n) is 13.5. The SMILES string of the molecule is CCc1ccc(CNC(=O)c2csc(Nc3ccccc3)n2)cc1. The molecule has 0 fully saturated rings. The van der Waals surface area contributed by atoms with Crippen LogP contribution >= 0.6 is 11.3 Å². The highest BCUT2D eigenvalue weighted by atomic mass is 32.1. The molecule has 0 aliphatic heterocycles. The number of aromatic nitrogens is 1. The van der Waals surface area contributed by atoms with Gasteiger partial charge in [-0.1, -0.05) is 49.4 Å². The van der Waals surface area contributed by atoms with Crippen LogP contribution < -0.4 is 10.6 Å². The molecule has 1 amide bonds. The minimum Gasteiger partial charge on any atom is -0.347 e. The number of para-hydroxylation sites is 1. The number of anilines is 2. The van der Waals surface area contributed by atoms with Gasteiger partial charge in [-0.3, -0.25) is 4.79 Å². The maximum absolute atomic E-state index is 12.2. The third-order valence-electron chi connectivity index (χ3n) is 3.65. The van der Waals surface area contributed by atoms with Gasteiger partial charge in [0.1, 0.15) is 5.69 Å². The average molecular weight is 337 g/mol. The van der Waals surface area contributed by atoms with E-state index >= 15 is 0 Å². The van der Waals surface area contributed by atoms with E-state index in [2.05, 4.69) is 34.7 Å². The Bertz CT molecular complexity index is 797. The molecule has 0 aliphatic carbocycles. The number of thiazole rings is 1. The molecule has 2 aromatic carbocycles. The lowest BCUT2D eigenvalue weighted by molar-refractivity contribution is 0.0946. The third-order valence-corrected chi connectivity index (χ3v) is 4.40. The smallest absolute Gasteiger partial charge is 0.271 e. The van der Waals surface area contributed by atoms with Crippen molar-refractivity contribution in [3.63, 3.8) is 0 Å². The van der Waals surface area contributed by atoms with Gasteiger partial charge in [0, 0.05) is 17.6 Å². The van der Waals surface area contributed by atoms with Crippen LogP contribution in [0.5, 0.6) is 0 Å². The summed E-state index contributed by atoms with van der Waals surface area (Å²) < 4.78 is 0. The predicted octanol–water partition coefficient (Wildman–Crippen LogP) is 4.38. The summed E-state index contributed by atoms with van der Waals surface area (Å²) in [6, 6.07) is 18.0. The molecule has 4 nitrogen and oxygen atoms in total. The summed E-state index contributed by atoms with van der Waals surface area (Å²) in [5.41, 5.74) is 3.76. The van der Waals surface area contributed by atoms with Gasteiger partial charge in [0.05, 0.1) is 0 Å². The lowest BCUT2D eigenvalue weighted by Gasteiger charge is -2.05. The molecule has 0 saturated carbocycles. The Morgan fingerprint density at radius 3 is 2.46 bits per heavy atom. The Morgan fingerprint density at radius 2 is 1.75 bits per heavy atom. The fraction of sp³-hybridized carbons (Fsp3) is 0.158. The Balaban J connectivity index is 1.57. The highest BCUT2D eigenvalue weighted by molar-refractivity contribution is 7.14. The van der Waals surface area contributed by atoms with E-state index in [4.69, 9.17) is 0 Å². The zero-order valence-corrected chi connectivity index (χ0v) is 14.3. The number of carbonyl (C=O) groups excluding carboxylic acids is 1. The fourth-order valence-corrected chi connectivity index (χ4v) is 2.96. The van der Waals surface area contributed by atoms with Gasteiger partial charge in [-0.25, -0.2) is 4.98 Å². The monoisotopic (exact) mass is 337 g/mol. The van der Waals surface area contributed by atoms with Crippen LogP contribution in [0.2, 0.25) is 0 Å². The molecule has 3 aromatic rings. The van der Waals surface area contributed by atoms with E-state index in [1.807, 2.05) is 42.5 Å². The van der Waals surface area contributed by atoms with Crippen LogP contribution in [-0.4, -0.2) is 10.9 Å². The number of nitrogens with zero attached hydrogens (tertiary/aromatic N) is 1. The van der Waals surface area contributed by atoms with E-state index in [0.717, 1.165) is 17.7 Å². The van der Waals surface area contributed by atoms with Gasteiger partial charge in [-0.05, 0) is 29.7 Å². The second kappa shape index (κ2) is 7.75. The van der Waals surface area contributed by atoms with Gasteiger partial charge >= 0.3 is 0 Å². The number of rotatable bonds is 6. The second-order valence-electron chi connectivity index (χ2n) is 5.38. The van der Waals surface area contributed by atoms with Crippen LogP contribution in [0.3, 0.4) is 0 Å². The van der Waals surface area contributed by atoms with E-state index in [0.29, 0.717) is 17.4 Å². The zero-order chi connectivity index (χ0) is 16.8. The molecular formula is C19H19N3OS. The number of aryl methyl sites for hydroxylation is 1. The molecule has 5 heteroatoms. The molecule has 0 spiro atoms. The molecule has 1 aromatic heterocycles. The molecule has 122 valence electrons. The van der Waals surface area contributed by atoms with E-state index in [9.17, 15) is 4.79 Å². The molecule has 0 aliphatic rings. The number of carbonyl (C=O) groups is 1. The van der Waals surface area contributed by atoms with Crippen molar-refractivity contribution in [2.75, 3.05) is 5.32 Å². The maximum Gasteiger partial charge on any atom is 0.271 e. The van der Waals surface area contributed by atoms with Crippen LogP contribution in [0, 0.1) is 0 Å². The molecule has 0 bridgehead atoms. The van der Waals surface area contributed by atoms with Crippen molar-refractivity contribution in [1.29, 1.82) is 0 Å². The van der Waals surface area contributed by atoms with Crippen molar-refractivity contribution in [1.82, 2.24) is 10.3 Å². The van der Waals surface area contributed by atoms with Crippen molar-refractivity contribution in [2.24, 2.45) is 0 Å². The lowest BCUT2D eigenvalue weighted by Crippen LogP contribution is -2.23. The number of hydrogen-bond donors (Lipinski definition) is 2. The molecule has 0 unspecified atom stereocenters. The van der Waals surface area contributed by atoms with Gasteiger partial charge < -0.3 is 10.6 Å². The topological polar surface area (TPSA) is 54.0 Å². The van der Waals surface area contributed by atoms with Crippen LogP contribution in [0.4, 0.5) is 10.8 Å². The fourth-order valence-electron chi connectivity index (χ4n) is 2.25. The van der Waals surface area contributed by atoms with Crippen molar-refractivity contribution < 1.29 is 4.79 Å². The van der Waals surface area contributed by atoms with Gasteiger partial charge in [-0.2, -0.15) is 0 Å². The van der Waals surface area contributed by atoms with Crippen molar-refractivity contribution in [2.45, 2.75) is 19.9 Å². The Kier molecular flexibility index (Phi) is 5.23. The summed E-state index contributed by atoms with van der Waals surface area (Å²) in [5, 5.41) is 8.57. The minimum absolute atomic E-state index is 0.160. The average Bonchev–Trinajstić information content (AvgIpc) is 3.09. The summed E-state index contributed by atoms with van der Waals surface area (Å²) in [7, 11) is 0. The third kappa shape index (κ3) is 4.20. The van der Waals surface area contributed by atoms with Crippen LogP contribution in [0.1, 0.15) is 28.5 Å². The first-order chi connectivity index (χ1) is 11.7. The molecule has 1 heterocycles. The molecule has 3 rings (SSSR count). The van der Waals surface area contributed by atoms with Gasteiger partial charge in [0.25, 0.3) is 5.91 Å². The molecule has 0 saturated heterocycles.